The first-order valence-electron chi connectivity index (χ1n) is 7.97. The molecule has 0 saturated heterocycles. The minimum Gasteiger partial charge on any atom is -0.327 e. The predicted octanol–water partition coefficient (Wildman–Crippen LogP) is 4.37. The van der Waals surface area contributed by atoms with Gasteiger partial charge in [0.05, 0.1) is 6.04 Å². The first-order chi connectivity index (χ1) is 10.5. The van der Waals surface area contributed by atoms with Gasteiger partial charge in [-0.05, 0) is 41.5 Å². The van der Waals surface area contributed by atoms with Crippen LogP contribution in [0.5, 0.6) is 0 Å². The molecule has 4 rings (SSSR count). The fourth-order valence-electron chi connectivity index (χ4n) is 4.14. The number of carbonyl (C=O) groups excluding carboxylic acids is 1. The highest BCUT2D eigenvalue weighted by molar-refractivity contribution is 5.99. The Morgan fingerprint density at radius 2 is 1.91 bits per heavy atom. The van der Waals surface area contributed by atoms with Gasteiger partial charge in [0.2, 0.25) is 0 Å². The summed E-state index contributed by atoms with van der Waals surface area (Å²) in [6.07, 6.45) is 0.978. The van der Waals surface area contributed by atoms with E-state index in [0.717, 1.165) is 18.5 Å². The molecule has 2 aliphatic heterocycles. The maximum absolute atomic E-state index is 12.8. The van der Waals surface area contributed by atoms with Crippen molar-refractivity contribution in [1.29, 1.82) is 0 Å². The molecule has 2 aromatic carbocycles. The molecule has 0 spiro atoms. The summed E-state index contributed by atoms with van der Waals surface area (Å²) >= 11 is 0. The Kier molecular flexibility index (Phi) is 2.75. The van der Waals surface area contributed by atoms with Gasteiger partial charge in [0.25, 0.3) is 5.91 Å². The molecule has 1 unspecified atom stereocenters. The van der Waals surface area contributed by atoms with Crippen molar-refractivity contribution in [3.05, 3.63) is 70.3 Å². The molecular weight excluding hydrogens is 270 g/mol. The molecule has 0 radical (unpaired) electrons. The fourth-order valence-corrected chi connectivity index (χ4v) is 4.14. The van der Waals surface area contributed by atoms with Crippen molar-refractivity contribution in [2.24, 2.45) is 0 Å². The van der Waals surface area contributed by atoms with Crippen LogP contribution >= 0.6 is 0 Å². The van der Waals surface area contributed by atoms with E-state index < -0.39 is 0 Å². The third kappa shape index (κ3) is 1.83. The Morgan fingerprint density at radius 3 is 2.73 bits per heavy atom. The molecule has 2 nitrogen and oxygen atoms in total. The van der Waals surface area contributed by atoms with Crippen molar-refractivity contribution in [3.63, 3.8) is 0 Å². The van der Waals surface area contributed by atoms with Crippen LogP contribution in [0.3, 0.4) is 0 Å². The zero-order valence-electron chi connectivity index (χ0n) is 13.4. The zero-order valence-corrected chi connectivity index (χ0v) is 13.4. The van der Waals surface area contributed by atoms with E-state index in [1.54, 1.807) is 0 Å². The standard InChI is InChI=1S/C20H21NO/c1-13-8-9-17-14(10-13)12-21-18(11-20(17,2)3)15-6-4-5-7-16(15)19(21)22/h4-10,18H,11-12H2,1-3H3. The molecule has 0 fully saturated rings. The summed E-state index contributed by atoms with van der Waals surface area (Å²) in [5, 5.41) is 0. The van der Waals surface area contributed by atoms with E-state index in [2.05, 4.69) is 49.9 Å². The van der Waals surface area contributed by atoms with Crippen molar-refractivity contribution in [3.8, 4) is 0 Å². The summed E-state index contributed by atoms with van der Waals surface area (Å²) in [4.78, 5) is 14.9. The Labute approximate surface area is 131 Å². The zero-order chi connectivity index (χ0) is 15.5. The minimum absolute atomic E-state index is 0.0696. The summed E-state index contributed by atoms with van der Waals surface area (Å²) in [7, 11) is 0. The lowest BCUT2D eigenvalue weighted by Crippen LogP contribution is -2.28. The molecule has 0 bridgehead atoms. The molecule has 2 heterocycles. The molecule has 0 saturated carbocycles. The van der Waals surface area contributed by atoms with Gasteiger partial charge in [0, 0.05) is 12.1 Å². The summed E-state index contributed by atoms with van der Waals surface area (Å²) in [5.41, 5.74) is 6.10. The number of aryl methyl sites for hydroxylation is 1. The number of hydrogen-bond acceptors (Lipinski definition) is 1. The molecule has 1 atom stereocenters. The van der Waals surface area contributed by atoms with E-state index in [1.807, 2.05) is 18.2 Å². The lowest BCUT2D eigenvalue weighted by Gasteiger charge is -2.29. The van der Waals surface area contributed by atoms with Crippen molar-refractivity contribution >= 4 is 5.91 Å². The highest BCUT2D eigenvalue weighted by Crippen LogP contribution is 2.46. The second-order valence-electron chi connectivity index (χ2n) is 7.28. The molecule has 0 N–H and O–H groups in total. The van der Waals surface area contributed by atoms with E-state index in [9.17, 15) is 4.79 Å². The van der Waals surface area contributed by atoms with E-state index in [0.29, 0.717) is 0 Å². The SMILES string of the molecule is Cc1ccc2c(c1)CN1C(=O)c3ccccc3C1CC2(C)C. The van der Waals surface area contributed by atoms with Gasteiger partial charge in [-0.25, -0.2) is 0 Å². The van der Waals surface area contributed by atoms with Crippen LogP contribution in [0.2, 0.25) is 0 Å². The van der Waals surface area contributed by atoms with Gasteiger partial charge in [-0.15, -0.1) is 0 Å². The first-order valence-corrected chi connectivity index (χ1v) is 7.97. The van der Waals surface area contributed by atoms with Crippen molar-refractivity contribution in [1.82, 2.24) is 4.90 Å². The second-order valence-corrected chi connectivity index (χ2v) is 7.28. The molecule has 0 aliphatic carbocycles. The number of hydrogen-bond donors (Lipinski definition) is 0. The van der Waals surface area contributed by atoms with Gasteiger partial charge in [-0.1, -0.05) is 55.8 Å². The Bertz CT molecular complexity index is 775. The van der Waals surface area contributed by atoms with Crippen molar-refractivity contribution in [2.75, 3.05) is 0 Å². The molecule has 2 heteroatoms. The third-order valence-corrected chi connectivity index (χ3v) is 5.22. The number of rotatable bonds is 0. The molecule has 2 aromatic rings. The van der Waals surface area contributed by atoms with E-state index in [-0.39, 0.29) is 17.4 Å². The van der Waals surface area contributed by atoms with Gasteiger partial charge in [-0.2, -0.15) is 0 Å². The minimum atomic E-state index is 0.0696. The molecule has 0 aromatic heterocycles. The van der Waals surface area contributed by atoms with Crippen LogP contribution < -0.4 is 0 Å². The number of carbonyl (C=O) groups is 1. The van der Waals surface area contributed by atoms with E-state index >= 15 is 0 Å². The van der Waals surface area contributed by atoms with Crippen molar-refractivity contribution in [2.45, 2.75) is 45.2 Å². The summed E-state index contributed by atoms with van der Waals surface area (Å²) < 4.78 is 0. The van der Waals surface area contributed by atoms with Crippen LogP contribution in [0.25, 0.3) is 0 Å². The highest BCUT2D eigenvalue weighted by atomic mass is 16.2. The highest BCUT2D eigenvalue weighted by Gasteiger charge is 2.42. The van der Waals surface area contributed by atoms with Gasteiger partial charge in [0.15, 0.2) is 0 Å². The quantitative estimate of drug-likeness (QED) is 0.705. The molecule has 2 aliphatic rings. The fraction of sp³-hybridized carbons (Fsp3) is 0.350. The molecule has 22 heavy (non-hydrogen) atoms. The summed E-state index contributed by atoms with van der Waals surface area (Å²) in [6, 6.07) is 15.0. The number of nitrogens with zero attached hydrogens (tertiary/aromatic N) is 1. The lowest BCUT2D eigenvalue weighted by atomic mass is 9.77. The van der Waals surface area contributed by atoms with E-state index in [4.69, 9.17) is 0 Å². The Hall–Kier alpha value is -2.09. The molecule has 112 valence electrons. The van der Waals surface area contributed by atoms with Crippen LogP contribution in [0.1, 0.15) is 58.9 Å². The first kappa shape index (κ1) is 13.6. The summed E-state index contributed by atoms with van der Waals surface area (Å²) in [6.45, 7) is 7.45. The smallest absolute Gasteiger partial charge is 0.255 e. The van der Waals surface area contributed by atoms with Crippen LogP contribution in [-0.4, -0.2) is 10.8 Å². The normalized spacial score (nSPS) is 21.9. The van der Waals surface area contributed by atoms with E-state index in [1.165, 1.54) is 22.3 Å². The number of amides is 1. The average Bonchev–Trinajstić information content (AvgIpc) is 2.66. The van der Waals surface area contributed by atoms with Gasteiger partial charge >= 0.3 is 0 Å². The maximum Gasteiger partial charge on any atom is 0.255 e. The topological polar surface area (TPSA) is 20.3 Å². The van der Waals surface area contributed by atoms with Crippen LogP contribution in [0.15, 0.2) is 42.5 Å². The number of benzene rings is 2. The lowest BCUT2D eigenvalue weighted by molar-refractivity contribution is 0.0697. The second kappa shape index (κ2) is 4.45. The molecular formula is C20H21NO. The third-order valence-electron chi connectivity index (χ3n) is 5.22. The van der Waals surface area contributed by atoms with Crippen LogP contribution in [0, 0.1) is 6.92 Å². The average molecular weight is 291 g/mol. The van der Waals surface area contributed by atoms with Gasteiger partial charge in [0.1, 0.15) is 0 Å². The van der Waals surface area contributed by atoms with Gasteiger partial charge in [-0.3, -0.25) is 4.79 Å². The van der Waals surface area contributed by atoms with Crippen LogP contribution in [-0.2, 0) is 12.0 Å². The molecule has 1 amide bonds. The largest absolute Gasteiger partial charge is 0.327 e. The monoisotopic (exact) mass is 291 g/mol. The number of fused-ring (bicyclic) bond motifs is 4. The van der Waals surface area contributed by atoms with Gasteiger partial charge < -0.3 is 4.90 Å². The summed E-state index contributed by atoms with van der Waals surface area (Å²) in [5.74, 6) is 0.186. The Morgan fingerprint density at radius 1 is 1.14 bits per heavy atom. The van der Waals surface area contributed by atoms with Crippen molar-refractivity contribution < 1.29 is 4.79 Å². The maximum atomic E-state index is 12.8. The Balaban J connectivity index is 1.88. The van der Waals surface area contributed by atoms with Crippen LogP contribution in [0.4, 0.5) is 0 Å². The predicted molar refractivity (Wildman–Crippen MR) is 87.9 cm³/mol.